The van der Waals surface area contributed by atoms with Crippen molar-refractivity contribution in [3.8, 4) is 11.5 Å². The highest BCUT2D eigenvalue weighted by molar-refractivity contribution is 5.81. The Bertz CT molecular complexity index is 684. The Kier molecular flexibility index (Phi) is 2.53. The lowest BCUT2D eigenvalue weighted by atomic mass is 10.2. The predicted octanol–water partition coefficient (Wildman–Crippen LogP) is 1.79. The first-order valence-electron chi connectivity index (χ1n) is 5.74. The van der Waals surface area contributed by atoms with E-state index in [1.807, 2.05) is 25.1 Å². The summed E-state index contributed by atoms with van der Waals surface area (Å²) < 4.78 is 0. The third-order valence-corrected chi connectivity index (χ3v) is 2.84. The average molecular weight is 239 g/mol. The minimum Gasteiger partial charge on any atom is -0.337 e. The lowest BCUT2D eigenvalue weighted by molar-refractivity contribution is 1.08. The molecule has 0 aliphatic carbocycles. The standard InChI is InChI=1S/C13H13N5/c1-8-6-16-11(7-15-8)13-17-10-4-2-3-9(5-14)12(10)18-13/h2-4,6-7H,5,14H2,1H3,(H,17,18). The van der Waals surface area contributed by atoms with Gasteiger partial charge in [-0.1, -0.05) is 12.1 Å². The number of H-pyrrole nitrogens is 1. The van der Waals surface area contributed by atoms with Gasteiger partial charge in [-0.25, -0.2) is 9.97 Å². The molecule has 2 aromatic heterocycles. The first-order valence-corrected chi connectivity index (χ1v) is 5.74. The van der Waals surface area contributed by atoms with Crippen LogP contribution in [-0.2, 0) is 6.54 Å². The second-order valence-corrected chi connectivity index (χ2v) is 4.15. The maximum absolute atomic E-state index is 5.70. The number of hydrogen-bond acceptors (Lipinski definition) is 4. The fourth-order valence-corrected chi connectivity index (χ4v) is 1.89. The van der Waals surface area contributed by atoms with E-state index in [1.165, 1.54) is 0 Å². The predicted molar refractivity (Wildman–Crippen MR) is 69.7 cm³/mol. The number of aromatic nitrogens is 4. The van der Waals surface area contributed by atoms with Crippen molar-refractivity contribution in [2.24, 2.45) is 5.73 Å². The van der Waals surface area contributed by atoms with Gasteiger partial charge in [-0.3, -0.25) is 4.98 Å². The van der Waals surface area contributed by atoms with Crippen molar-refractivity contribution < 1.29 is 0 Å². The summed E-state index contributed by atoms with van der Waals surface area (Å²) in [6.07, 6.45) is 3.45. The Morgan fingerprint density at radius 1 is 1.22 bits per heavy atom. The summed E-state index contributed by atoms with van der Waals surface area (Å²) in [5, 5.41) is 0. The molecule has 0 saturated heterocycles. The van der Waals surface area contributed by atoms with Crippen LogP contribution < -0.4 is 5.73 Å². The number of benzene rings is 1. The van der Waals surface area contributed by atoms with Crippen LogP contribution in [-0.4, -0.2) is 19.9 Å². The number of nitrogens with two attached hydrogens (primary N) is 1. The number of fused-ring (bicyclic) bond motifs is 1. The number of nitrogens with one attached hydrogen (secondary N) is 1. The summed E-state index contributed by atoms with van der Waals surface area (Å²) in [6, 6.07) is 5.92. The fraction of sp³-hybridized carbons (Fsp3) is 0.154. The van der Waals surface area contributed by atoms with E-state index in [4.69, 9.17) is 5.73 Å². The molecule has 5 nitrogen and oxygen atoms in total. The Labute approximate surface area is 104 Å². The number of imidazole rings is 1. The van der Waals surface area contributed by atoms with Gasteiger partial charge in [0.05, 0.1) is 22.9 Å². The Balaban J connectivity index is 2.16. The molecule has 0 amide bonds. The number of hydrogen-bond donors (Lipinski definition) is 2. The number of aromatic amines is 1. The second kappa shape index (κ2) is 4.19. The van der Waals surface area contributed by atoms with Gasteiger partial charge in [0.25, 0.3) is 0 Å². The molecular weight excluding hydrogens is 226 g/mol. The quantitative estimate of drug-likeness (QED) is 0.714. The maximum atomic E-state index is 5.70. The zero-order valence-corrected chi connectivity index (χ0v) is 10.0. The van der Waals surface area contributed by atoms with Gasteiger partial charge in [-0.2, -0.15) is 0 Å². The molecule has 0 fully saturated rings. The topological polar surface area (TPSA) is 80.5 Å². The van der Waals surface area contributed by atoms with Crippen LogP contribution in [0.1, 0.15) is 11.3 Å². The highest BCUT2D eigenvalue weighted by atomic mass is 15.0. The number of nitrogens with zero attached hydrogens (tertiary/aromatic N) is 3. The highest BCUT2D eigenvalue weighted by Crippen LogP contribution is 2.20. The maximum Gasteiger partial charge on any atom is 0.158 e. The number of rotatable bonds is 2. The van der Waals surface area contributed by atoms with Gasteiger partial charge in [0.15, 0.2) is 5.82 Å². The molecule has 2 heterocycles. The number of para-hydroxylation sites is 1. The summed E-state index contributed by atoms with van der Waals surface area (Å²) >= 11 is 0. The van der Waals surface area contributed by atoms with Crippen LogP contribution in [0.15, 0.2) is 30.6 Å². The molecule has 3 aromatic rings. The van der Waals surface area contributed by atoms with Crippen LogP contribution in [0.5, 0.6) is 0 Å². The molecule has 18 heavy (non-hydrogen) atoms. The van der Waals surface area contributed by atoms with E-state index in [1.54, 1.807) is 12.4 Å². The average Bonchev–Trinajstić information content (AvgIpc) is 2.83. The minimum atomic E-state index is 0.473. The molecule has 0 spiro atoms. The molecular formula is C13H13N5. The van der Waals surface area contributed by atoms with Crippen molar-refractivity contribution in [3.05, 3.63) is 41.9 Å². The van der Waals surface area contributed by atoms with Gasteiger partial charge in [0.2, 0.25) is 0 Å². The summed E-state index contributed by atoms with van der Waals surface area (Å²) in [4.78, 5) is 16.3. The molecule has 0 radical (unpaired) electrons. The van der Waals surface area contributed by atoms with Crippen molar-refractivity contribution in [1.29, 1.82) is 0 Å². The van der Waals surface area contributed by atoms with Crippen molar-refractivity contribution in [2.75, 3.05) is 0 Å². The van der Waals surface area contributed by atoms with Crippen LogP contribution in [0.25, 0.3) is 22.6 Å². The second-order valence-electron chi connectivity index (χ2n) is 4.15. The van der Waals surface area contributed by atoms with Crippen molar-refractivity contribution in [2.45, 2.75) is 13.5 Å². The zero-order chi connectivity index (χ0) is 12.5. The van der Waals surface area contributed by atoms with Gasteiger partial charge in [0, 0.05) is 12.7 Å². The molecule has 0 atom stereocenters. The molecule has 0 bridgehead atoms. The summed E-state index contributed by atoms with van der Waals surface area (Å²) in [6.45, 7) is 2.38. The monoisotopic (exact) mass is 239 g/mol. The van der Waals surface area contributed by atoms with Crippen LogP contribution in [0.4, 0.5) is 0 Å². The van der Waals surface area contributed by atoms with E-state index in [9.17, 15) is 0 Å². The highest BCUT2D eigenvalue weighted by Gasteiger charge is 2.09. The first kappa shape index (κ1) is 10.9. The smallest absolute Gasteiger partial charge is 0.158 e. The van der Waals surface area contributed by atoms with Gasteiger partial charge >= 0.3 is 0 Å². The van der Waals surface area contributed by atoms with Crippen molar-refractivity contribution in [3.63, 3.8) is 0 Å². The van der Waals surface area contributed by atoms with E-state index in [0.29, 0.717) is 6.54 Å². The van der Waals surface area contributed by atoms with Crippen LogP contribution in [0.3, 0.4) is 0 Å². The number of aryl methyl sites for hydroxylation is 1. The molecule has 1 aromatic carbocycles. The largest absolute Gasteiger partial charge is 0.337 e. The van der Waals surface area contributed by atoms with Crippen LogP contribution in [0.2, 0.25) is 0 Å². The molecule has 3 N–H and O–H groups in total. The van der Waals surface area contributed by atoms with Gasteiger partial charge in [0.1, 0.15) is 5.69 Å². The molecule has 3 rings (SSSR count). The molecule has 0 unspecified atom stereocenters. The fourth-order valence-electron chi connectivity index (χ4n) is 1.89. The third-order valence-electron chi connectivity index (χ3n) is 2.84. The van der Waals surface area contributed by atoms with Gasteiger partial charge in [-0.15, -0.1) is 0 Å². The third kappa shape index (κ3) is 1.74. The Hall–Kier alpha value is -2.27. The normalized spacial score (nSPS) is 11.0. The van der Waals surface area contributed by atoms with E-state index >= 15 is 0 Å². The van der Waals surface area contributed by atoms with Crippen LogP contribution >= 0.6 is 0 Å². The SMILES string of the molecule is Cc1cnc(-c2nc3c(CN)cccc3[nH]2)cn1. The summed E-state index contributed by atoms with van der Waals surface area (Å²) in [7, 11) is 0. The van der Waals surface area contributed by atoms with E-state index in [0.717, 1.165) is 33.8 Å². The minimum absolute atomic E-state index is 0.473. The van der Waals surface area contributed by atoms with E-state index < -0.39 is 0 Å². The Morgan fingerprint density at radius 3 is 2.83 bits per heavy atom. The lowest BCUT2D eigenvalue weighted by Crippen LogP contribution is -1.96. The summed E-state index contributed by atoms with van der Waals surface area (Å²) in [5.74, 6) is 0.721. The van der Waals surface area contributed by atoms with Gasteiger partial charge < -0.3 is 10.7 Å². The molecule has 5 heteroatoms. The molecule has 0 aliphatic heterocycles. The lowest BCUT2D eigenvalue weighted by Gasteiger charge is -1.95. The van der Waals surface area contributed by atoms with Gasteiger partial charge in [-0.05, 0) is 18.6 Å². The van der Waals surface area contributed by atoms with E-state index in [-0.39, 0.29) is 0 Å². The zero-order valence-electron chi connectivity index (χ0n) is 10.0. The first-order chi connectivity index (χ1) is 8.78. The Morgan fingerprint density at radius 2 is 2.11 bits per heavy atom. The summed E-state index contributed by atoms with van der Waals surface area (Å²) in [5.41, 5.74) is 10.2. The van der Waals surface area contributed by atoms with E-state index in [2.05, 4.69) is 19.9 Å². The van der Waals surface area contributed by atoms with Crippen LogP contribution in [0, 0.1) is 6.92 Å². The molecule has 0 saturated carbocycles. The molecule has 0 aliphatic rings. The van der Waals surface area contributed by atoms with Crippen molar-refractivity contribution in [1.82, 2.24) is 19.9 Å². The molecule has 90 valence electrons. The van der Waals surface area contributed by atoms with Crippen molar-refractivity contribution >= 4 is 11.0 Å².